The highest BCUT2D eigenvalue weighted by molar-refractivity contribution is 5.53. The zero-order valence-corrected chi connectivity index (χ0v) is 10.8. The zero-order valence-electron chi connectivity index (χ0n) is 10.8. The first-order valence-electron chi connectivity index (χ1n) is 6.25. The van der Waals surface area contributed by atoms with Crippen molar-refractivity contribution in [1.82, 2.24) is 5.32 Å². The molecule has 0 amide bonds. The third-order valence-electron chi connectivity index (χ3n) is 3.63. The predicted octanol–water partition coefficient (Wildman–Crippen LogP) is 2.83. The molecule has 1 aromatic carbocycles. The van der Waals surface area contributed by atoms with Crippen molar-refractivity contribution in [3.63, 3.8) is 0 Å². The van der Waals surface area contributed by atoms with Crippen LogP contribution in [0.3, 0.4) is 0 Å². The Morgan fingerprint density at radius 1 is 1.35 bits per heavy atom. The minimum absolute atomic E-state index is 0.286. The summed E-state index contributed by atoms with van der Waals surface area (Å²) in [4.78, 5) is 0. The fourth-order valence-corrected chi connectivity index (χ4v) is 2.64. The Bertz CT molecular complexity index is 409. The molecule has 2 rings (SSSR count). The van der Waals surface area contributed by atoms with E-state index in [1.807, 2.05) is 19.9 Å². The molecule has 0 spiro atoms. The lowest BCUT2D eigenvalue weighted by molar-refractivity contribution is 0.378. The SMILES string of the molecule is COc1cc(C)c(C2CCCCN2)c(O)c1C. The molecule has 0 aliphatic carbocycles. The van der Waals surface area contributed by atoms with Gasteiger partial charge in [-0.05, 0) is 44.9 Å². The Morgan fingerprint density at radius 3 is 2.71 bits per heavy atom. The van der Waals surface area contributed by atoms with Gasteiger partial charge in [0.05, 0.1) is 7.11 Å². The van der Waals surface area contributed by atoms with Crippen LogP contribution in [0.1, 0.15) is 42.0 Å². The number of hydrogen-bond donors (Lipinski definition) is 2. The minimum atomic E-state index is 0.286. The van der Waals surface area contributed by atoms with Crippen molar-refractivity contribution in [2.45, 2.75) is 39.2 Å². The van der Waals surface area contributed by atoms with Gasteiger partial charge in [0, 0.05) is 17.2 Å². The average molecular weight is 235 g/mol. The molecule has 0 bridgehead atoms. The molecule has 3 heteroatoms. The van der Waals surface area contributed by atoms with Crippen LogP contribution in [0.4, 0.5) is 0 Å². The number of piperidine rings is 1. The minimum Gasteiger partial charge on any atom is -0.507 e. The summed E-state index contributed by atoms with van der Waals surface area (Å²) in [5, 5.41) is 13.8. The molecule has 1 heterocycles. The highest BCUT2D eigenvalue weighted by atomic mass is 16.5. The van der Waals surface area contributed by atoms with Crippen LogP contribution in [0.5, 0.6) is 11.5 Å². The Balaban J connectivity index is 2.42. The van der Waals surface area contributed by atoms with Gasteiger partial charge in [0.25, 0.3) is 0 Å². The molecule has 1 aliphatic heterocycles. The first kappa shape index (κ1) is 12.2. The molecule has 17 heavy (non-hydrogen) atoms. The smallest absolute Gasteiger partial charge is 0.127 e. The number of aromatic hydroxyl groups is 1. The van der Waals surface area contributed by atoms with Crippen LogP contribution in [-0.2, 0) is 0 Å². The molecule has 0 saturated carbocycles. The van der Waals surface area contributed by atoms with Crippen molar-refractivity contribution in [3.05, 3.63) is 22.8 Å². The van der Waals surface area contributed by atoms with Gasteiger partial charge in [0.15, 0.2) is 0 Å². The van der Waals surface area contributed by atoms with Crippen molar-refractivity contribution in [1.29, 1.82) is 0 Å². The molecule has 1 unspecified atom stereocenters. The van der Waals surface area contributed by atoms with Crippen LogP contribution in [0.2, 0.25) is 0 Å². The van der Waals surface area contributed by atoms with Gasteiger partial charge in [0.1, 0.15) is 11.5 Å². The quantitative estimate of drug-likeness (QED) is 0.828. The first-order valence-corrected chi connectivity index (χ1v) is 6.25. The maximum absolute atomic E-state index is 10.3. The number of aryl methyl sites for hydroxylation is 1. The predicted molar refractivity (Wildman–Crippen MR) is 68.7 cm³/mol. The van der Waals surface area contributed by atoms with E-state index in [-0.39, 0.29) is 6.04 Å². The Labute approximate surface area is 103 Å². The number of rotatable bonds is 2. The zero-order chi connectivity index (χ0) is 12.4. The molecule has 0 radical (unpaired) electrons. The number of phenols is 1. The number of benzene rings is 1. The van der Waals surface area contributed by atoms with Crippen molar-refractivity contribution in [2.24, 2.45) is 0 Å². The normalized spacial score (nSPS) is 20.3. The molecule has 1 aromatic rings. The molecular weight excluding hydrogens is 214 g/mol. The summed E-state index contributed by atoms with van der Waals surface area (Å²) in [7, 11) is 1.64. The summed E-state index contributed by atoms with van der Waals surface area (Å²) >= 11 is 0. The Hall–Kier alpha value is -1.22. The average Bonchev–Trinajstić information content (AvgIpc) is 2.35. The maximum Gasteiger partial charge on any atom is 0.127 e. The third-order valence-corrected chi connectivity index (χ3v) is 3.63. The molecule has 94 valence electrons. The molecule has 0 aromatic heterocycles. The second-order valence-corrected chi connectivity index (χ2v) is 4.79. The van der Waals surface area contributed by atoms with E-state index in [4.69, 9.17) is 4.74 Å². The van der Waals surface area contributed by atoms with Crippen LogP contribution in [0.25, 0.3) is 0 Å². The van der Waals surface area contributed by atoms with Gasteiger partial charge in [0.2, 0.25) is 0 Å². The summed E-state index contributed by atoms with van der Waals surface area (Å²) in [6.07, 6.45) is 3.55. The first-order chi connectivity index (χ1) is 8.15. The van der Waals surface area contributed by atoms with E-state index in [9.17, 15) is 5.11 Å². The van der Waals surface area contributed by atoms with Crippen molar-refractivity contribution >= 4 is 0 Å². The molecule has 1 aliphatic rings. The second kappa shape index (κ2) is 4.96. The van der Waals surface area contributed by atoms with Crippen LogP contribution >= 0.6 is 0 Å². The fourth-order valence-electron chi connectivity index (χ4n) is 2.64. The lowest BCUT2D eigenvalue weighted by Gasteiger charge is -2.27. The number of methoxy groups -OCH3 is 1. The van der Waals surface area contributed by atoms with Gasteiger partial charge in [-0.2, -0.15) is 0 Å². The Morgan fingerprint density at radius 2 is 2.12 bits per heavy atom. The highest BCUT2D eigenvalue weighted by Gasteiger charge is 2.22. The largest absolute Gasteiger partial charge is 0.507 e. The number of ether oxygens (including phenoxy) is 1. The summed E-state index contributed by atoms with van der Waals surface area (Å²) in [6.45, 7) is 4.97. The van der Waals surface area contributed by atoms with Gasteiger partial charge in [-0.1, -0.05) is 6.42 Å². The molecular formula is C14H21NO2. The van der Waals surface area contributed by atoms with E-state index < -0.39 is 0 Å². The molecule has 3 nitrogen and oxygen atoms in total. The van der Waals surface area contributed by atoms with E-state index in [0.717, 1.165) is 35.4 Å². The fraction of sp³-hybridized carbons (Fsp3) is 0.571. The van der Waals surface area contributed by atoms with Crippen LogP contribution in [0.15, 0.2) is 6.07 Å². The van der Waals surface area contributed by atoms with E-state index in [1.54, 1.807) is 7.11 Å². The third kappa shape index (κ3) is 2.25. The van der Waals surface area contributed by atoms with Crippen LogP contribution in [-0.4, -0.2) is 18.8 Å². The van der Waals surface area contributed by atoms with Gasteiger partial charge in [-0.25, -0.2) is 0 Å². The van der Waals surface area contributed by atoms with Crippen LogP contribution in [0, 0.1) is 13.8 Å². The summed E-state index contributed by atoms with van der Waals surface area (Å²) in [5.74, 6) is 1.15. The van der Waals surface area contributed by atoms with Gasteiger partial charge in [-0.3, -0.25) is 0 Å². The topological polar surface area (TPSA) is 41.5 Å². The monoisotopic (exact) mass is 235 g/mol. The summed E-state index contributed by atoms with van der Waals surface area (Å²) in [5.41, 5.74) is 2.98. The van der Waals surface area contributed by atoms with E-state index in [2.05, 4.69) is 5.32 Å². The van der Waals surface area contributed by atoms with Crippen molar-refractivity contribution in [3.8, 4) is 11.5 Å². The highest BCUT2D eigenvalue weighted by Crippen LogP contribution is 2.39. The number of phenolic OH excluding ortho intramolecular Hbond substituents is 1. The van der Waals surface area contributed by atoms with Crippen molar-refractivity contribution in [2.75, 3.05) is 13.7 Å². The lowest BCUT2D eigenvalue weighted by atomic mass is 9.91. The standard InChI is InChI=1S/C14H21NO2/c1-9-8-12(17-3)10(2)14(16)13(9)11-6-4-5-7-15-11/h8,11,15-16H,4-7H2,1-3H3. The van der Waals surface area contributed by atoms with Crippen LogP contribution < -0.4 is 10.1 Å². The molecule has 1 saturated heterocycles. The number of hydrogen-bond acceptors (Lipinski definition) is 3. The molecule has 1 fully saturated rings. The van der Waals surface area contributed by atoms with E-state index in [1.165, 1.54) is 12.8 Å². The van der Waals surface area contributed by atoms with E-state index in [0.29, 0.717) is 5.75 Å². The lowest BCUT2D eigenvalue weighted by Crippen LogP contribution is -2.27. The second-order valence-electron chi connectivity index (χ2n) is 4.79. The van der Waals surface area contributed by atoms with Gasteiger partial charge in [-0.15, -0.1) is 0 Å². The maximum atomic E-state index is 10.3. The van der Waals surface area contributed by atoms with E-state index >= 15 is 0 Å². The summed E-state index contributed by atoms with van der Waals surface area (Å²) in [6, 6.07) is 2.30. The van der Waals surface area contributed by atoms with Gasteiger partial charge < -0.3 is 15.2 Å². The summed E-state index contributed by atoms with van der Waals surface area (Å²) < 4.78 is 5.27. The molecule has 1 atom stereocenters. The van der Waals surface area contributed by atoms with Crippen molar-refractivity contribution < 1.29 is 9.84 Å². The Kier molecular flexibility index (Phi) is 3.57. The van der Waals surface area contributed by atoms with Gasteiger partial charge >= 0.3 is 0 Å². The molecule has 2 N–H and O–H groups in total. The number of nitrogens with one attached hydrogen (secondary N) is 1.